The summed E-state index contributed by atoms with van der Waals surface area (Å²) in [5, 5.41) is 3.66. The lowest BCUT2D eigenvalue weighted by Crippen LogP contribution is -2.37. The number of nitrogens with one attached hydrogen (secondary N) is 1. The van der Waals surface area contributed by atoms with Crippen molar-refractivity contribution in [3.63, 3.8) is 0 Å². The number of benzene rings is 1. The number of sulfonamides is 1. The van der Waals surface area contributed by atoms with E-state index >= 15 is 0 Å². The van der Waals surface area contributed by atoms with Crippen LogP contribution in [0, 0.1) is 5.92 Å². The predicted octanol–water partition coefficient (Wildman–Crippen LogP) is 3.21. The average Bonchev–Trinajstić information content (AvgIpc) is 3.11. The van der Waals surface area contributed by atoms with Crippen molar-refractivity contribution >= 4 is 10.0 Å². The Balaban J connectivity index is 1.84. The fourth-order valence-corrected chi connectivity index (χ4v) is 4.52. The van der Waals surface area contributed by atoms with Crippen LogP contribution in [0.15, 0.2) is 39.9 Å². The molecule has 1 heterocycles. The minimum Gasteiger partial charge on any atom is -0.495 e. The van der Waals surface area contributed by atoms with Crippen molar-refractivity contribution in [2.24, 2.45) is 5.92 Å². The molecule has 0 saturated heterocycles. The van der Waals surface area contributed by atoms with Crippen LogP contribution >= 0.6 is 0 Å². The van der Waals surface area contributed by atoms with Crippen LogP contribution in [0.1, 0.15) is 32.6 Å². The Morgan fingerprint density at radius 3 is 2.58 bits per heavy atom. The first-order chi connectivity index (χ1) is 11.5. The summed E-state index contributed by atoms with van der Waals surface area (Å²) in [6, 6.07) is 6.60. The van der Waals surface area contributed by atoms with Gasteiger partial charge in [0.2, 0.25) is 10.0 Å². The van der Waals surface area contributed by atoms with Gasteiger partial charge in [0.15, 0.2) is 5.76 Å². The SMILES string of the molecule is COc1cc(-c2ccno2)ccc1S(=O)(=O)NC1CCC(C)CC1. The maximum atomic E-state index is 12.7. The topological polar surface area (TPSA) is 81.4 Å². The monoisotopic (exact) mass is 350 g/mol. The molecule has 7 heteroatoms. The smallest absolute Gasteiger partial charge is 0.244 e. The zero-order valence-corrected chi connectivity index (χ0v) is 14.7. The van der Waals surface area contributed by atoms with E-state index in [1.165, 1.54) is 13.3 Å². The summed E-state index contributed by atoms with van der Waals surface area (Å²) < 4.78 is 38.7. The van der Waals surface area contributed by atoms with Gasteiger partial charge in [0.05, 0.1) is 13.3 Å². The van der Waals surface area contributed by atoms with E-state index in [9.17, 15) is 8.42 Å². The number of nitrogens with zero attached hydrogens (tertiary/aromatic N) is 1. The first-order valence-electron chi connectivity index (χ1n) is 8.11. The molecule has 0 unspecified atom stereocenters. The molecule has 1 aliphatic carbocycles. The molecule has 1 aliphatic rings. The van der Waals surface area contributed by atoms with Crippen molar-refractivity contribution in [3.05, 3.63) is 30.5 Å². The fourth-order valence-electron chi connectivity index (χ4n) is 3.07. The lowest BCUT2D eigenvalue weighted by atomic mass is 9.88. The Hall–Kier alpha value is -1.86. The predicted molar refractivity (Wildman–Crippen MR) is 90.2 cm³/mol. The summed E-state index contributed by atoms with van der Waals surface area (Å²) in [5.41, 5.74) is 0.717. The van der Waals surface area contributed by atoms with Crippen molar-refractivity contribution in [1.82, 2.24) is 9.88 Å². The zero-order chi connectivity index (χ0) is 17.2. The zero-order valence-electron chi connectivity index (χ0n) is 13.9. The summed E-state index contributed by atoms with van der Waals surface area (Å²) in [4.78, 5) is 0.145. The number of rotatable bonds is 5. The normalized spacial score (nSPS) is 21.6. The van der Waals surface area contributed by atoms with Gasteiger partial charge in [-0.15, -0.1) is 0 Å². The number of hydrogen-bond donors (Lipinski definition) is 1. The molecule has 0 radical (unpaired) electrons. The standard InChI is InChI=1S/C17H22N2O4S/c1-12-3-6-14(7-4-12)19-24(20,21)17-8-5-13(11-16(17)22-2)15-9-10-18-23-15/h5,8-12,14,19H,3-4,6-7H2,1-2H3. The largest absolute Gasteiger partial charge is 0.495 e. The second-order valence-corrected chi connectivity index (χ2v) is 8.00. The summed E-state index contributed by atoms with van der Waals surface area (Å²) in [6.07, 6.45) is 5.39. The van der Waals surface area contributed by atoms with E-state index in [0.717, 1.165) is 31.2 Å². The minimum atomic E-state index is -3.63. The van der Waals surface area contributed by atoms with Gasteiger partial charge in [-0.1, -0.05) is 12.1 Å². The maximum absolute atomic E-state index is 12.7. The van der Waals surface area contributed by atoms with Crippen LogP contribution in [-0.2, 0) is 10.0 Å². The molecular formula is C17H22N2O4S. The highest BCUT2D eigenvalue weighted by atomic mass is 32.2. The molecule has 1 aromatic heterocycles. The Kier molecular flexibility index (Phi) is 4.91. The second kappa shape index (κ2) is 6.94. The van der Waals surface area contributed by atoms with Crippen LogP contribution in [0.2, 0.25) is 0 Å². The molecule has 6 nitrogen and oxygen atoms in total. The van der Waals surface area contributed by atoms with Gasteiger partial charge in [-0.05, 0) is 49.8 Å². The van der Waals surface area contributed by atoms with E-state index in [2.05, 4.69) is 16.8 Å². The van der Waals surface area contributed by atoms with Crippen molar-refractivity contribution in [3.8, 4) is 17.1 Å². The lowest BCUT2D eigenvalue weighted by molar-refractivity contribution is 0.331. The van der Waals surface area contributed by atoms with Gasteiger partial charge in [0, 0.05) is 17.7 Å². The molecule has 1 saturated carbocycles. The van der Waals surface area contributed by atoms with Crippen LogP contribution in [0.5, 0.6) is 5.75 Å². The van der Waals surface area contributed by atoms with Gasteiger partial charge in [0.1, 0.15) is 10.6 Å². The van der Waals surface area contributed by atoms with Gasteiger partial charge in [-0.3, -0.25) is 0 Å². The molecule has 0 amide bonds. The molecule has 3 rings (SSSR count). The first-order valence-corrected chi connectivity index (χ1v) is 9.59. The summed E-state index contributed by atoms with van der Waals surface area (Å²) in [5.74, 6) is 1.52. The van der Waals surface area contributed by atoms with Crippen LogP contribution in [0.3, 0.4) is 0 Å². The Bertz CT molecular complexity index is 779. The van der Waals surface area contributed by atoms with E-state index in [1.807, 2.05) is 0 Å². The first kappa shape index (κ1) is 17.0. The van der Waals surface area contributed by atoms with Crippen molar-refractivity contribution < 1.29 is 17.7 Å². The van der Waals surface area contributed by atoms with Crippen molar-refractivity contribution in [2.75, 3.05) is 7.11 Å². The third-order valence-corrected chi connectivity index (χ3v) is 6.07. The highest BCUT2D eigenvalue weighted by molar-refractivity contribution is 7.89. The molecule has 0 aliphatic heterocycles. The number of hydrogen-bond acceptors (Lipinski definition) is 5. The number of ether oxygens (including phenoxy) is 1. The number of methoxy groups -OCH3 is 1. The molecule has 1 N–H and O–H groups in total. The highest BCUT2D eigenvalue weighted by Crippen LogP contribution is 2.31. The van der Waals surface area contributed by atoms with Gasteiger partial charge < -0.3 is 9.26 Å². The lowest BCUT2D eigenvalue weighted by Gasteiger charge is -2.27. The molecule has 0 spiro atoms. The van der Waals surface area contributed by atoms with E-state index in [1.54, 1.807) is 24.3 Å². The molecule has 0 atom stereocenters. The Morgan fingerprint density at radius 2 is 1.96 bits per heavy atom. The maximum Gasteiger partial charge on any atom is 0.244 e. The average molecular weight is 350 g/mol. The van der Waals surface area contributed by atoms with Crippen LogP contribution < -0.4 is 9.46 Å². The third-order valence-electron chi connectivity index (χ3n) is 4.51. The van der Waals surface area contributed by atoms with Crippen LogP contribution in [-0.4, -0.2) is 26.7 Å². The van der Waals surface area contributed by atoms with Crippen molar-refractivity contribution in [2.45, 2.75) is 43.5 Å². The van der Waals surface area contributed by atoms with Gasteiger partial charge >= 0.3 is 0 Å². The van der Waals surface area contributed by atoms with E-state index in [-0.39, 0.29) is 10.9 Å². The molecule has 0 bridgehead atoms. The molecule has 130 valence electrons. The molecular weight excluding hydrogens is 328 g/mol. The van der Waals surface area contributed by atoms with E-state index in [0.29, 0.717) is 17.4 Å². The summed E-state index contributed by atoms with van der Waals surface area (Å²) in [6.45, 7) is 2.20. The highest BCUT2D eigenvalue weighted by Gasteiger charge is 2.26. The van der Waals surface area contributed by atoms with E-state index < -0.39 is 10.0 Å². The molecule has 1 aromatic carbocycles. The van der Waals surface area contributed by atoms with Gasteiger partial charge in [0.25, 0.3) is 0 Å². The minimum absolute atomic E-state index is 0.00939. The Morgan fingerprint density at radius 1 is 1.21 bits per heavy atom. The molecule has 1 fully saturated rings. The number of aromatic nitrogens is 1. The fraction of sp³-hybridized carbons (Fsp3) is 0.471. The molecule has 24 heavy (non-hydrogen) atoms. The van der Waals surface area contributed by atoms with Crippen molar-refractivity contribution in [1.29, 1.82) is 0 Å². The van der Waals surface area contributed by atoms with Gasteiger partial charge in [-0.25, -0.2) is 13.1 Å². The van der Waals surface area contributed by atoms with Crippen LogP contribution in [0.4, 0.5) is 0 Å². The quantitative estimate of drug-likeness (QED) is 0.895. The summed E-state index contributed by atoms with van der Waals surface area (Å²) in [7, 11) is -2.17. The second-order valence-electron chi connectivity index (χ2n) is 6.32. The molecule has 2 aromatic rings. The van der Waals surface area contributed by atoms with E-state index in [4.69, 9.17) is 9.26 Å². The third kappa shape index (κ3) is 3.62. The van der Waals surface area contributed by atoms with Gasteiger partial charge in [-0.2, -0.15) is 0 Å². The summed E-state index contributed by atoms with van der Waals surface area (Å²) >= 11 is 0. The van der Waals surface area contributed by atoms with Crippen LogP contribution in [0.25, 0.3) is 11.3 Å². The Labute approximate surface area is 142 Å².